The molecule has 0 saturated carbocycles. The first-order valence-corrected chi connectivity index (χ1v) is 8.58. The molecule has 0 radical (unpaired) electrons. The summed E-state index contributed by atoms with van der Waals surface area (Å²) in [5, 5.41) is 7.16. The van der Waals surface area contributed by atoms with Crippen molar-refractivity contribution in [2.75, 3.05) is 0 Å². The number of benzene rings is 2. The van der Waals surface area contributed by atoms with Crippen molar-refractivity contribution in [3.8, 4) is 11.3 Å². The average Bonchev–Trinajstić information content (AvgIpc) is 3.10. The van der Waals surface area contributed by atoms with Crippen molar-refractivity contribution in [1.82, 2.24) is 19.6 Å². The maximum atomic E-state index is 4.81. The van der Waals surface area contributed by atoms with Gasteiger partial charge >= 0.3 is 0 Å². The van der Waals surface area contributed by atoms with Crippen LogP contribution in [0.1, 0.15) is 11.3 Å². The summed E-state index contributed by atoms with van der Waals surface area (Å²) in [5.74, 6) is 0. The summed E-state index contributed by atoms with van der Waals surface area (Å²) in [6.07, 6.45) is 6.41. The van der Waals surface area contributed by atoms with Crippen LogP contribution in [-0.2, 0) is 6.42 Å². The summed E-state index contributed by atoms with van der Waals surface area (Å²) in [6.45, 7) is 0. The number of aromatic nitrogens is 4. The highest BCUT2D eigenvalue weighted by Crippen LogP contribution is 2.20. The van der Waals surface area contributed by atoms with E-state index in [2.05, 4.69) is 40.3 Å². The van der Waals surface area contributed by atoms with Crippen LogP contribution < -0.4 is 0 Å². The molecule has 0 aliphatic carbocycles. The molecule has 0 amide bonds. The van der Waals surface area contributed by atoms with E-state index in [1.54, 1.807) is 0 Å². The SMILES string of the molecule is c1ccc(-c2ccc3ncc(Cc4ccc5cnccc5c4)n3n2)cc1. The van der Waals surface area contributed by atoms with Gasteiger partial charge in [-0.1, -0.05) is 48.5 Å². The van der Waals surface area contributed by atoms with Gasteiger partial charge in [0, 0.05) is 29.8 Å². The van der Waals surface area contributed by atoms with Crippen LogP contribution in [0.5, 0.6) is 0 Å². The molecule has 26 heavy (non-hydrogen) atoms. The molecule has 3 aromatic heterocycles. The van der Waals surface area contributed by atoms with Gasteiger partial charge in [0.2, 0.25) is 0 Å². The van der Waals surface area contributed by atoms with Gasteiger partial charge in [0.15, 0.2) is 5.65 Å². The molecule has 4 nitrogen and oxygen atoms in total. The lowest BCUT2D eigenvalue weighted by atomic mass is 10.1. The van der Waals surface area contributed by atoms with Crippen LogP contribution in [0.3, 0.4) is 0 Å². The van der Waals surface area contributed by atoms with Crippen LogP contribution in [0.2, 0.25) is 0 Å². The predicted molar refractivity (Wildman–Crippen MR) is 103 cm³/mol. The van der Waals surface area contributed by atoms with Crippen molar-refractivity contribution in [2.45, 2.75) is 6.42 Å². The van der Waals surface area contributed by atoms with Gasteiger partial charge < -0.3 is 0 Å². The maximum absolute atomic E-state index is 4.81. The Morgan fingerprint density at radius 3 is 2.65 bits per heavy atom. The largest absolute Gasteiger partial charge is 0.264 e. The molecule has 4 heteroatoms. The fourth-order valence-electron chi connectivity index (χ4n) is 3.26. The minimum atomic E-state index is 0.782. The molecule has 0 atom stereocenters. The number of pyridine rings is 1. The van der Waals surface area contributed by atoms with Crippen LogP contribution in [0.15, 0.2) is 85.3 Å². The van der Waals surface area contributed by atoms with Crippen molar-refractivity contribution >= 4 is 16.4 Å². The van der Waals surface area contributed by atoms with Crippen LogP contribution >= 0.6 is 0 Å². The fraction of sp³-hybridized carbons (Fsp3) is 0.0455. The molecule has 0 saturated heterocycles. The lowest BCUT2D eigenvalue weighted by Gasteiger charge is -2.06. The second-order valence-electron chi connectivity index (χ2n) is 6.34. The van der Waals surface area contributed by atoms with Crippen LogP contribution in [0.4, 0.5) is 0 Å². The Bertz CT molecular complexity index is 1210. The van der Waals surface area contributed by atoms with Gasteiger partial charge in [-0.25, -0.2) is 9.50 Å². The summed E-state index contributed by atoms with van der Waals surface area (Å²) in [6, 6.07) is 22.8. The molecule has 0 aliphatic rings. The van der Waals surface area contributed by atoms with E-state index in [-0.39, 0.29) is 0 Å². The molecule has 5 aromatic rings. The minimum absolute atomic E-state index is 0.782. The Labute approximate surface area is 150 Å². The molecule has 0 unspecified atom stereocenters. The topological polar surface area (TPSA) is 43.1 Å². The maximum Gasteiger partial charge on any atom is 0.153 e. The Hall–Kier alpha value is -3.53. The van der Waals surface area contributed by atoms with Crippen LogP contribution in [-0.4, -0.2) is 19.6 Å². The molecule has 0 aliphatic heterocycles. The number of fused-ring (bicyclic) bond motifs is 2. The highest BCUT2D eigenvalue weighted by molar-refractivity contribution is 5.82. The standard InChI is InChI=1S/C22H16N4/c1-2-4-17(5-3-1)21-8-9-22-24-15-20(26(22)25-21)13-16-6-7-19-14-23-11-10-18(19)12-16/h1-12,14-15H,13H2. The van der Waals surface area contributed by atoms with Crippen LogP contribution in [0, 0.1) is 0 Å². The molecule has 0 bridgehead atoms. The molecule has 0 N–H and O–H groups in total. The number of nitrogens with zero attached hydrogens (tertiary/aromatic N) is 4. The Balaban J connectivity index is 1.55. The van der Waals surface area contributed by atoms with Crippen molar-refractivity contribution in [3.63, 3.8) is 0 Å². The quantitative estimate of drug-likeness (QED) is 0.486. The summed E-state index contributed by atoms with van der Waals surface area (Å²) in [4.78, 5) is 8.68. The Morgan fingerprint density at radius 2 is 1.73 bits per heavy atom. The zero-order valence-corrected chi connectivity index (χ0v) is 14.1. The average molecular weight is 336 g/mol. The first-order chi connectivity index (χ1) is 12.9. The first kappa shape index (κ1) is 14.8. The molecule has 5 rings (SSSR count). The van der Waals surface area contributed by atoms with Crippen molar-refractivity contribution in [3.05, 3.63) is 96.6 Å². The van der Waals surface area contributed by atoms with E-state index < -0.39 is 0 Å². The highest BCUT2D eigenvalue weighted by Gasteiger charge is 2.08. The summed E-state index contributed by atoms with van der Waals surface area (Å²) >= 11 is 0. The molecule has 0 spiro atoms. The van der Waals surface area contributed by atoms with Gasteiger partial charge in [-0.05, 0) is 29.1 Å². The minimum Gasteiger partial charge on any atom is -0.264 e. The van der Waals surface area contributed by atoms with Crippen molar-refractivity contribution in [1.29, 1.82) is 0 Å². The Morgan fingerprint density at radius 1 is 0.808 bits per heavy atom. The van der Waals surface area contributed by atoms with E-state index >= 15 is 0 Å². The normalized spacial score (nSPS) is 11.2. The smallest absolute Gasteiger partial charge is 0.153 e. The number of imidazole rings is 1. The van der Waals surface area contributed by atoms with Crippen molar-refractivity contribution in [2.24, 2.45) is 0 Å². The summed E-state index contributed by atoms with van der Waals surface area (Å²) in [7, 11) is 0. The first-order valence-electron chi connectivity index (χ1n) is 8.58. The van der Waals surface area contributed by atoms with Gasteiger partial charge in [-0.3, -0.25) is 4.98 Å². The summed E-state index contributed by atoms with van der Waals surface area (Å²) in [5.41, 5.74) is 5.22. The lowest BCUT2D eigenvalue weighted by Crippen LogP contribution is -2.00. The van der Waals surface area contributed by atoms with Gasteiger partial charge in [0.1, 0.15) is 0 Å². The van der Waals surface area contributed by atoms with E-state index in [1.807, 2.05) is 59.5 Å². The van der Waals surface area contributed by atoms with E-state index in [9.17, 15) is 0 Å². The second kappa shape index (κ2) is 6.08. The van der Waals surface area contributed by atoms with E-state index in [0.717, 1.165) is 34.4 Å². The van der Waals surface area contributed by atoms with Gasteiger partial charge in [-0.2, -0.15) is 5.10 Å². The lowest BCUT2D eigenvalue weighted by molar-refractivity contribution is 0.876. The molecule has 2 aromatic carbocycles. The van der Waals surface area contributed by atoms with E-state index in [4.69, 9.17) is 5.10 Å². The van der Waals surface area contributed by atoms with E-state index in [1.165, 1.54) is 10.9 Å². The zero-order chi connectivity index (χ0) is 17.3. The predicted octanol–water partition coefficient (Wildman–Crippen LogP) is 4.54. The third kappa shape index (κ3) is 2.62. The second-order valence-corrected chi connectivity index (χ2v) is 6.34. The Kier molecular flexibility index (Phi) is 3.46. The zero-order valence-electron chi connectivity index (χ0n) is 14.1. The molecular weight excluding hydrogens is 320 g/mol. The van der Waals surface area contributed by atoms with Gasteiger partial charge in [-0.15, -0.1) is 0 Å². The van der Waals surface area contributed by atoms with Gasteiger partial charge in [0.05, 0.1) is 17.6 Å². The number of hydrogen-bond donors (Lipinski definition) is 0. The third-order valence-corrected chi connectivity index (χ3v) is 4.59. The number of hydrogen-bond acceptors (Lipinski definition) is 3. The highest BCUT2D eigenvalue weighted by atomic mass is 15.3. The van der Waals surface area contributed by atoms with Crippen molar-refractivity contribution < 1.29 is 0 Å². The third-order valence-electron chi connectivity index (χ3n) is 4.59. The van der Waals surface area contributed by atoms with Crippen LogP contribution in [0.25, 0.3) is 27.7 Å². The summed E-state index contributed by atoms with van der Waals surface area (Å²) < 4.78 is 1.94. The van der Waals surface area contributed by atoms with E-state index in [0.29, 0.717) is 0 Å². The molecule has 0 fully saturated rings. The molecule has 3 heterocycles. The molecular formula is C22H16N4. The van der Waals surface area contributed by atoms with Gasteiger partial charge in [0.25, 0.3) is 0 Å². The number of rotatable bonds is 3. The molecule has 124 valence electrons. The fourth-order valence-corrected chi connectivity index (χ4v) is 3.26. The monoisotopic (exact) mass is 336 g/mol.